The molecule has 6 nitrogen and oxygen atoms in total. The number of anilines is 3. The van der Waals surface area contributed by atoms with Crippen LogP contribution in [0, 0.1) is 0 Å². The van der Waals surface area contributed by atoms with Crippen LogP contribution < -0.4 is 10.0 Å². The van der Waals surface area contributed by atoms with E-state index in [2.05, 4.69) is 20.0 Å². The highest BCUT2D eigenvalue weighted by Crippen LogP contribution is 2.29. The monoisotopic (exact) mass is 422 g/mol. The number of para-hydroxylation sites is 2. The molecule has 0 aliphatic carbocycles. The van der Waals surface area contributed by atoms with E-state index in [1.165, 1.54) is 18.0 Å². The summed E-state index contributed by atoms with van der Waals surface area (Å²) < 4.78 is 3.22. The highest BCUT2D eigenvalue weighted by molar-refractivity contribution is 8.00. The number of halogens is 1. The Morgan fingerprint density at radius 1 is 0.897 bits per heavy atom. The van der Waals surface area contributed by atoms with Crippen molar-refractivity contribution in [1.82, 2.24) is 9.97 Å². The Hall–Kier alpha value is -3.29. The summed E-state index contributed by atoms with van der Waals surface area (Å²) in [6.45, 7) is 0. The van der Waals surface area contributed by atoms with Gasteiger partial charge in [0.1, 0.15) is 0 Å². The van der Waals surface area contributed by atoms with Gasteiger partial charge in [0.25, 0.3) is 0 Å². The van der Waals surface area contributed by atoms with E-state index in [-0.39, 0.29) is 5.56 Å². The first kappa shape index (κ1) is 19.0. The molecule has 3 aromatic carbocycles. The Balaban J connectivity index is 1.67. The molecule has 0 amide bonds. The first-order valence-electron chi connectivity index (χ1n) is 8.64. The average molecular weight is 423 g/mol. The predicted molar refractivity (Wildman–Crippen MR) is 117 cm³/mol. The molecular weight excluding hydrogens is 408 g/mol. The smallest absolute Gasteiger partial charge is 0.335 e. The Kier molecular flexibility index (Phi) is 5.50. The number of aromatic nitrogens is 2. The fourth-order valence-electron chi connectivity index (χ4n) is 2.63. The summed E-state index contributed by atoms with van der Waals surface area (Å²) in [5.41, 5.74) is 2.27. The largest absolute Gasteiger partial charge is 0.478 e. The number of carboxylic acids is 1. The van der Waals surface area contributed by atoms with Crippen LogP contribution in [0.15, 0.2) is 77.7 Å². The molecule has 1 heterocycles. The highest BCUT2D eigenvalue weighted by Gasteiger charge is 2.11. The van der Waals surface area contributed by atoms with Crippen molar-refractivity contribution in [1.29, 1.82) is 0 Å². The number of hydrogen-bond donors (Lipinski definition) is 3. The van der Waals surface area contributed by atoms with Crippen LogP contribution in [0.25, 0.3) is 11.0 Å². The van der Waals surface area contributed by atoms with Gasteiger partial charge < -0.3 is 15.1 Å². The second kappa shape index (κ2) is 8.38. The zero-order chi connectivity index (χ0) is 20.2. The maximum atomic E-state index is 11.2. The fourth-order valence-corrected chi connectivity index (χ4v) is 3.39. The molecule has 0 aliphatic rings. The van der Waals surface area contributed by atoms with Crippen LogP contribution >= 0.6 is 23.5 Å². The Labute approximate surface area is 176 Å². The quantitative estimate of drug-likeness (QED) is 0.336. The molecule has 1 aromatic heterocycles. The van der Waals surface area contributed by atoms with Crippen molar-refractivity contribution in [2.75, 3.05) is 10.0 Å². The molecule has 4 rings (SSSR count). The fraction of sp³-hybridized carbons (Fsp3) is 0. The highest BCUT2D eigenvalue weighted by atomic mass is 35.5. The van der Waals surface area contributed by atoms with Gasteiger partial charge in [0.05, 0.1) is 16.6 Å². The zero-order valence-corrected chi connectivity index (χ0v) is 16.5. The number of hydrogen-bond acceptors (Lipinski definition) is 6. The van der Waals surface area contributed by atoms with Crippen molar-refractivity contribution in [3.8, 4) is 0 Å². The third-order valence-electron chi connectivity index (χ3n) is 4.02. The molecule has 0 spiro atoms. The Bertz CT molecular complexity index is 1180. The summed E-state index contributed by atoms with van der Waals surface area (Å²) in [6, 6.07) is 21.5. The van der Waals surface area contributed by atoms with Gasteiger partial charge in [-0.2, -0.15) is 0 Å². The molecule has 3 N–H and O–H groups in total. The molecule has 0 radical (unpaired) electrons. The van der Waals surface area contributed by atoms with Crippen molar-refractivity contribution in [2.45, 2.75) is 4.90 Å². The number of carboxylic acid groups (broad SMARTS) is 1. The van der Waals surface area contributed by atoms with Gasteiger partial charge in [-0.1, -0.05) is 29.8 Å². The molecule has 0 saturated heterocycles. The lowest BCUT2D eigenvalue weighted by atomic mass is 10.2. The van der Waals surface area contributed by atoms with E-state index in [1.54, 1.807) is 18.2 Å². The number of aromatic carboxylic acids is 1. The van der Waals surface area contributed by atoms with Crippen LogP contribution in [0.2, 0.25) is 5.02 Å². The van der Waals surface area contributed by atoms with E-state index < -0.39 is 5.97 Å². The number of benzene rings is 3. The maximum absolute atomic E-state index is 11.2. The summed E-state index contributed by atoms with van der Waals surface area (Å²) in [4.78, 5) is 21.5. The van der Waals surface area contributed by atoms with Crippen molar-refractivity contribution >= 4 is 57.9 Å². The second-order valence-corrected chi connectivity index (χ2v) is 7.39. The average Bonchev–Trinajstić information content (AvgIpc) is 2.73. The van der Waals surface area contributed by atoms with Crippen molar-refractivity contribution in [2.24, 2.45) is 0 Å². The van der Waals surface area contributed by atoms with Crippen molar-refractivity contribution < 1.29 is 9.90 Å². The molecule has 29 heavy (non-hydrogen) atoms. The molecule has 0 atom stereocenters. The third kappa shape index (κ3) is 4.59. The molecule has 0 fully saturated rings. The minimum atomic E-state index is -0.991. The molecular formula is C21H15ClN4O2S. The van der Waals surface area contributed by atoms with Crippen LogP contribution in [0.5, 0.6) is 0 Å². The lowest BCUT2D eigenvalue weighted by Gasteiger charge is -2.13. The molecule has 4 aromatic rings. The number of nitrogens with one attached hydrogen (secondary N) is 2. The number of nitrogens with zero attached hydrogens (tertiary/aromatic N) is 2. The van der Waals surface area contributed by atoms with Crippen LogP contribution in [0.1, 0.15) is 10.4 Å². The third-order valence-corrected chi connectivity index (χ3v) is 5.08. The topological polar surface area (TPSA) is 87.1 Å². The van der Waals surface area contributed by atoms with Gasteiger partial charge in [0, 0.05) is 15.6 Å². The van der Waals surface area contributed by atoms with Gasteiger partial charge in [-0.25, -0.2) is 14.8 Å². The van der Waals surface area contributed by atoms with Crippen LogP contribution in [-0.2, 0) is 0 Å². The molecule has 0 aliphatic heterocycles. The number of carbonyl (C=O) groups is 1. The molecule has 144 valence electrons. The van der Waals surface area contributed by atoms with E-state index >= 15 is 0 Å². The Morgan fingerprint density at radius 2 is 1.59 bits per heavy atom. The summed E-state index contributed by atoms with van der Waals surface area (Å²) in [5, 5.41) is 13.1. The van der Waals surface area contributed by atoms with Gasteiger partial charge in [-0.05, 0) is 66.5 Å². The first-order valence-corrected chi connectivity index (χ1v) is 9.83. The second-order valence-electron chi connectivity index (χ2n) is 6.08. The zero-order valence-electron chi connectivity index (χ0n) is 15.0. The van der Waals surface area contributed by atoms with E-state index in [4.69, 9.17) is 11.6 Å². The summed E-state index contributed by atoms with van der Waals surface area (Å²) in [5.74, 6) is 0.0342. The molecule has 8 heteroatoms. The predicted octanol–water partition coefficient (Wildman–Crippen LogP) is 5.84. The first-order chi connectivity index (χ1) is 14.1. The van der Waals surface area contributed by atoms with Crippen molar-refractivity contribution in [3.05, 3.63) is 83.4 Å². The Morgan fingerprint density at radius 3 is 2.28 bits per heavy atom. The van der Waals surface area contributed by atoms with E-state index in [1.807, 2.05) is 48.5 Å². The van der Waals surface area contributed by atoms with E-state index in [0.29, 0.717) is 22.3 Å². The van der Waals surface area contributed by atoms with Crippen LogP contribution in [0.4, 0.5) is 17.3 Å². The van der Waals surface area contributed by atoms with Crippen LogP contribution in [-0.4, -0.2) is 21.0 Å². The van der Waals surface area contributed by atoms with Crippen LogP contribution in [0.3, 0.4) is 0 Å². The van der Waals surface area contributed by atoms with Gasteiger partial charge >= 0.3 is 5.97 Å². The molecule has 0 unspecified atom stereocenters. The maximum Gasteiger partial charge on any atom is 0.335 e. The lowest BCUT2D eigenvalue weighted by molar-refractivity contribution is 0.0697. The van der Waals surface area contributed by atoms with Gasteiger partial charge in [0.15, 0.2) is 11.6 Å². The standard InChI is InChI=1S/C21H15ClN4O2S/c22-14-8-10-16(11-9-14)29-26-20-19(24-17-6-1-2-7-18(17)25-20)23-15-5-3-4-13(12-15)21(27)28/h1-12H,(H,23,24)(H,25,26)(H,27,28). The summed E-state index contributed by atoms with van der Waals surface area (Å²) in [6.07, 6.45) is 0. The van der Waals surface area contributed by atoms with E-state index in [0.717, 1.165) is 15.9 Å². The molecule has 0 saturated carbocycles. The van der Waals surface area contributed by atoms with Gasteiger partial charge in [-0.15, -0.1) is 0 Å². The van der Waals surface area contributed by atoms with Gasteiger partial charge in [-0.3, -0.25) is 0 Å². The van der Waals surface area contributed by atoms with E-state index in [9.17, 15) is 9.90 Å². The minimum absolute atomic E-state index is 0.189. The van der Waals surface area contributed by atoms with Crippen molar-refractivity contribution in [3.63, 3.8) is 0 Å². The van der Waals surface area contributed by atoms with Gasteiger partial charge in [0.2, 0.25) is 0 Å². The normalized spacial score (nSPS) is 10.7. The minimum Gasteiger partial charge on any atom is -0.478 e. The summed E-state index contributed by atoms with van der Waals surface area (Å²) in [7, 11) is 0. The lowest BCUT2D eigenvalue weighted by Crippen LogP contribution is -2.03. The summed E-state index contributed by atoms with van der Waals surface area (Å²) >= 11 is 7.32. The number of fused-ring (bicyclic) bond motifs is 1. The molecule has 0 bridgehead atoms. The number of rotatable bonds is 6. The SMILES string of the molecule is O=C(O)c1cccc(Nc2nc3ccccc3nc2NSc2ccc(Cl)cc2)c1.